The van der Waals surface area contributed by atoms with Crippen molar-refractivity contribution in [3.63, 3.8) is 0 Å². The van der Waals surface area contributed by atoms with E-state index in [0.29, 0.717) is 5.02 Å². The van der Waals surface area contributed by atoms with E-state index in [9.17, 15) is 0 Å². The number of hydrogen-bond donors (Lipinski definition) is 0. The van der Waals surface area contributed by atoms with Gasteiger partial charge in [0.1, 0.15) is 0 Å². The molecule has 0 heterocycles. The fourth-order valence-electron chi connectivity index (χ4n) is 2.28. The summed E-state index contributed by atoms with van der Waals surface area (Å²) < 4.78 is 0. The Morgan fingerprint density at radius 1 is 0.857 bits per heavy atom. The van der Waals surface area contributed by atoms with E-state index in [1.807, 2.05) is 48.5 Å². The Morgan fingerprint density at radius 2 is 1.52 bits per heavy atom. The van der Waals surface area contributed by atoms with Gasteiger partial charge in [-0.05, 0) is 34.9 Å². The van der Waals surface area contributed by atoms with Crippen LogP contribution in [0.2, 0.25) is 5.02 Å². The molecule has 21 heavy (non-hydrogen) atoms. The normalized spacial score (nSPS) is 11.4. The first-order valence-electron chi connectivity index (χ1n) is 6.83. The smallest absolute Gasteiger partial charge is 0.0490 e. The van der Waals surface area contributed by atoms with Gasteiger partial charge in [-0.3, -0.25) is 0 Å². The zero-order valence-electron chi connectivity index (χ0n) is 11.5. The fraction of sp³-hybridized carbons (Fsp3) is 0. The van der Waals surface area contributed by atoms with E-state index < -0.39 is 0 Å². The first-order valence-corrected chi connectivity index (χ1v) is 7.20. The molecule has 0 atom stereocenters. The Balaban J connectivity index is 2.17. The van der Waals surface area contributed by atoms with Gasteiger partial charge >= 0.3 is 0 Å². The van der Waals surface area contributed by atoms with Crippen LogP contribution in [0.4, 0.5) is 0 Å². The van der Waals surface area contributed by atoms with Crippen molar-refractivity contribution < 1.29 is 0 Å². The number of benzene rings is 3. The molecule has 101 valence electrons. The summed E-state index contributed by atoms with van der Waals surface area (Å²) in [6.45, 7) is 0. The minimum Gasteiger partial charge on any atom is -0.0836 e. The highest BCUT2D eigenvalue weighted by Gasteiger charge is 2.08. The zero-order valence-corrected chi connectivity index (χ0v) is 12.2. The summed E-state index contributed by atoms with van der Waals surface area (Å²) in [4.78, 5) is 0. The van der Waals surface area contributed by atoms with Crippen LogP contribution in [0.1, 0.15) is 16.7 Å². The topological polar surface area (TPSA) is 0 Å². The average molecular weight is 290 g/mol. The van der Waals surface area contributed by atoms with Crippen LogP contribution in [-0.2, 0) is 0 Å². The van der Waals surface area contributed by atoms with Gasteiger partial charge in [-0.1, -0.05) is 84.4 Å². The van der Waals surface area contributed by atoms with Gasteiger partial charge in [0.15, 0.2) is 0 Å². The molecule has 0 amide bonds. The van der Waals surface area contributed by atoms with Crippen LogP contribution in [0.5, 0.6) is 0 Å². The molecule has 0 aliphatic rings. The molecule has 0 aromatic heterocycles. The predicted molar refractivity (Wildman–Crippen MR) is 90.1 cm³/mol. The van der Waals surface area contributed by atoms with Gasteiger partial charge in [-0.15, -0.1) is 0 Å². The van der Waals surface area contributed by atoms with Crippen LogP contribution in [0.25, 0.3) is 11.6 Å². The van der Waals surface area contributed by atoms with Crippen molar-refractivity contribution in [3.05, 3.63) is 107 Å². The summed E-state index contributed by atoms with van der Waals surface area (Å²) in [5.41, 5.74) is 4.43. The molecule has 3 aromatic carbocycles. The standard InChI is InChI=1S/C20H14Cl/c21-20-14-8-7-13-18(20)19(17-11-5-2-6-12-17)15-16-9-3-1-4-10-16/h1-7,9-15H/b19-15+. The summed E-state index contributed by atoms with van der Waals surface area (Å²) in [5, 5.41) is 0.712. The van der Waals surface area contributed by atoms with E-state index >= 15 is 0 Å². The SMILES string of the molecule is Clc1c[c]ccc1/C(=C/c1ccccc1)c1ccccc1. The summed E-state index contributed by atoms with van der Waals surface area (Å²) in [6.07, 6.45) is 2.16. The Morgan fingerprint density at radius 3 is 2.19 bits per heavy atom. The van der Waals surface area contributed by atoms with Crippen LogP contribution in [0.3, 0.4) is 0 Å². The van der Waals surface area contributed by atoms with Crippen molar-refractivity contribution in [2.75, 3.05) is 0 Å². The maximum absolute atomic E-state index is 6.36. The van der Waals surface area contributed by atoms with Crippen LogP contribution >= 0.6 is 11.6 Å². The number of rotatable bonds is 3. The molecule has 0 saturated carbocycles. The molecule has 0 saturated heterocycles. The van der Waals surface area contributed by atoms with Crippen molar-refractivity contribution in [2.24, 2.45) is 0 Å². The molecule has 1 heteroatoms. The van der Waals surface area contributed by atoms with Crippen molar-refractivity contribution in [1.82, 2.24) is 0 Å². The first kappa shape index (κ1) is 13.7. The third kappa shape index (κ3) is 3.24. The Kier molecular flexibility index (Phi) is 4.18. The van der Waals surface area contributed by atoms with Gasteiger partial charge in [0.25, 0.3) is 0 Å². The number of halogens is 1. The van der Waals surface area contributed by atoms with Crippen LogP contribution in [0, 0.1) is 6.07 Å². The molecule has 0 unspecified atom stereocenters. The second-order valence-corrected chi connectivity index (χ2v) is 5.15. The summed E-state index contributed by atoms with van der Waals surface area (Å²) >= 11 is 6.36. The van der Waals surface area contributed by atoms with E-state index in [4.69, 9.17) is 11.6 Å². The lowest BCUT2D eigenvalue weighted by Crippen LogP contribution is -1.89. The molecule has 0 spiro atoms. The van der Waals surface area contributed by atoms with Crippen LogP contribution in [0.15, 0.2) is 78.9 Å². The third-order valence-electron chi connectivity index (χ3n) is 3.30. The molecule has 1 radical (unpaired) electrons. The fourth-order valence-corrected chi connectivity index (χ4v) is 2.51. The maximum Gasteiger partial charge on any atom is 0.0490 e. The molecular weight excluding hydrogens is 276 g/mol. The highest BCUT2D eigenvalue weighted by molar-refractivity contribution is 6.32. The Hall–Kier alpha value is -2.31. The zero-order chi connectivity index (χ0) is 14.5. The van der Waals surface area contributed by atoms with E-state index in [2.05, 4.69) is 36.4 Å². The van der Waals surface area contributed by atoms with E-state index in [1.54, 1.807) is 6.07 Å². The van der Waals surface area contributed by atoms with Gasteiger partial charge < -0.3 is 0 Å². The molecule has 0 aliphatic heterocycles. The second-order valence-electron chi connectivity index (χ2n) is 4.74. The Bertz CT molecular complexity index is 743. The predicted octanol–water partition coefficient (Wildman–Crippen LogP) is 5.73. The van der Waals surface area contributed by atoms with Crippen molar-refractivity contribution >= 4 is 23.3 Å². The molecule has 3 rings (SSSR count). The van der Waals surface area contributed by atoms with Gasteiger partial charge in [-0.2, -0.15) is 0 Å². The number of hydrogen-bond acceptors (Lipinski definition) is 0. The minimum atomic E-state index is 0.712. The molecule has 0 bridgehead atoms. The summed E-state index contributed by atoms with van der Waals surface area (Å²) in [7, 11) is 0. The van der Waals surface area contributed by atoms with Gasteiger partial charge in [0.05, 0.1) is 0 Å². The Labute approximate surface area is 130 Å². The molecule has 0 nitrogen and oxygen atoms in total. The van der Waals surface area contributed by atoms with E-state index in [-0.39, 0.29) is 0 Å². The quantitative estimate of drug-likeness (QED) is 0.540. The van der Waals surface area contributed by atoms with Crippen LogP contribution < -0.4 is 0 Å². The molecule has 0 fully saturated rings. The highest BCUT2D eigenvalue weighted by atomic mass is 35.5. The van der Waals surface area contributed by atoms with Gasteiger partial charge in [-0.25, -0.2) is 0 Å². The molecule has 0 aliphatic carbocycles. The monoisotopic (exact) mass is 289 g/mol. The van der Waals surface area contributed by atoms with Crippen molar-refractivity contribution in [1.29, 1.82) is 0 Å². The molecule has 0 N–H and O–H groups in total. The summed E-state index contributed by atoms with van der Waals surface area (Å²) in [5.74, 6) is 0. The third-order valence-corrected chi connectivity index (χ3v) is 3.61. The van der Waals surface area contributed by atoms with Crippen LogP contribution in [-0.4, -0.2) is 0 Å². The summed E-state index contributed by atoms with van der Waals surface area (Å²) in [6, 6.07) is 29.3. The lowest BCUT2D eigenvalue weighted by atomic mass is 9.96. The second kappa shape index (κ2) is 6.43. The highest BCUT2D eigenvalue weighted by Crippen LogP contribution is 2.30. The average Bonchev–Trinajstić information content (AvgIpc) is 2.55. The van der Waals surface area contributed by atoms with Gasteiger partial charge in [0, 0.05) is 10.6 Å². The van der Waals surface area contributed by atoms with Crippen molar-refractivity contribution in [3.8, 4) is 0 Å². The molecular formula is C20H14Cl. The van der Waals surface area contributed by atoms with Crippen molar-refractivity contribution in [2.45, 2.75) is 0 Å². The minimum absolute atomic E-state index is 0.712. The first-order chi connectivity index (χ1) is 10.3. The van der Waals surface area contributed by atoms with E-state index in [0.717, 1.165) is 22.3 Å². The lowest BCUT2D eigenvalue weighted by Gasteiger charge is -2.10. The van der Waals surface area contributed by atoms with E-state index in [1.165, 1.54) is 0 Å². The maximum atomic E-state index is 6.36. The lowest BCUT2D eigenvalue weighted by molar-refractivity contribution is 1.54. The molecule has 3 aromatic rings. The largest absolute Gasteiger partial charge is 0.0836 e. The van der Waals surface area contributed by atoms with Gasteiger partial charge in [0.2, 0.25) is 0 Å².